The molecular formula is C8H11N. The maximum atomic E-state index is 4.24. The van der Waals surface area contributed by atoms with E-state index in [1.54, 1.807) is 11.1 Å². The summed E-state index contributed by atoms with van der Waals surface area (Å²) in [4.78, 5) is 4.24. The second kappa shape index (κ2) is 1.98. The lowest BCUT2D eigenvalue weighted by atomic mass is 10.1. The van der Waals surface area contributed by atoms with E-state index >= 15 is 0 Å². The maximum Gasteiger partial charge on any atom is 0.0598 e. The third kappa shape index (κ3) is 0.805. The second-order valence-corrected chi connectivity index (χ2v) is 2.79. The highest BCUT2D eigenvalue weighted by atomic mass is 14.7. The Morgan fingerprint density at radius 3 is 3.00 bits per heavy atom. The number of hydrogen-bond acceptors (Lipinski definition) is 1. The predicted octanol–water partition coefficient (Wildman–Crippen LogP) is 1.94. The first-order valence-electron chi connectivity index (χ1n) is 3.65. The van der Waals surface area contributed by atoms with E-state index in [1.807, 2.05) is 0 Å². The van der Waals surface area contributed by atoms with Crippen LogP contribution in [0.4, 0.5) is 0 Å². The van der Waals surface area contributed by atoms with Gasteiger partial charge in [-0.15, -0.1) is 0 Å². The summed E-state index contributed by atoms with van der Waals surface area (Å²) in [5.41, 5.74) is 3.32. The smallest absolute Gasteiger partial charge is 0.0598 e. The van der Waals surface area contributed by atoms with Crippen molar-refractivity contribution in [1.82, 2.24) is 0 Å². The summed E-state index contributed by atoms with van der Waals surface area (Å²) >= 11 is 0. The molecule has 2 rings (SSSR count). The van der Waals surface area contributed by atoms with Crippen molar-refractivity contribution in [3.8, 4) is 0 Å². The maximum absolute atomic E-state index is 4.24. The summed E-state index contributed by atoms with van der Waals surface area (Å²) in [5.74, 6) is 0. The minimum atomic E-state index is 1.01. The molecular weight excluding hydrogens is 110 g/mol. The van der Waals surface area contributed by atoms with Gasteiger partial charge < -0.3 is 0 Å². The highest BCUT2D eigenvalue weighted by Crippen LogP contribution is 2.29. The molecule has 1 nitrogen and oxygen atoms in total. The largest absolute Gasteiger partial charge is 0.293 e. The van der Waals surface area contributed by atoms with E-state index in [2.05, 4.69) is 11.2 Å². The molecule has 0 aromatic heterocycles. The molecule has 0 aromatic carbocycles. The Hall–Kier alpha value is -0.590. The number of dihydropyridines is 1. The molecule has 0 saturated carbocycles. The first-order chi connectivity index (χ1) is 4.47. The van der Waals surface area contributed by atoms with Gasteiger partial charge in [-0.2, -0.15) is 0 Å². The first-order valence-corrected chi connectivity index (χ1v) is 3.65. The SMILES string of the molecule is C1=NCC2=C(C1)CCC2. The van der Waals surface area contributed by atoms with Gasteiger partial charge in [-0.25, -0.2) is 0 Å². The van der Waals surface area contributed by atoms with Crippen molar-refractivity contribution in [1.29, 1.82) is 0 Å². The average molecular weight is 121 g/mol. The van der Waals surface area contributed by atoms with Gasteiger partial charge in [-0.3, -0.25) is 4.99 Å². The van der Waals surface area contributed by atoms with Crippen LogP contribution in [-0.2, 0) is 0 Å². The summed E-state index contributed by atoms with van der Waals surface area (Å²) in [6.45, 7) is 1.01. The Kier molecular flexibility index (Phi) is 1.15. The van der Waals surface area contributed by atoms with Gasteiger partial charge in [0.15, 0.2) is 0 Å². The molecule has 0 radical (unpaired) electrons. The van der Waals surface area contributed by atoms with Crippen LogP contribution >= 0.6 is 0 Å². The van der Waals surface area contributed by atoms with Gasteiger partial charge >= 0.3 is 0 Å². The summed E-state index contributed by atoms with van der Waals surface area (Å²) in [7, 11) is 0. The Morgan fingerprint density at radius 1 is 1.22 bits per heavy atom. The van der Waals surface area contributed by atoms with Crippen LogP contribution < -0.4 is 0 Å². The van der Waals surface area contributed by atoms with Gasteiger partial charge in [0.25, 0.3) is 0 Å². The fraction of sp³-hybridized carbons (Fsp3) is 0.625. The molecule has 0 atom stereocenters. The third-order valence-corrected chi connectivity index (χ3v) is 2.21. The molecule has 0 aromatic rings. The van der Waals surface area contributed by atoms with E-state index in [0.717, 1.165) is 13.0 Å². The highest BCUT2D eigenvalue weighted by Gasteiger charge is 2.14. The predicted molar refractivity (Wildman–Crippen MR) is 38.9 cm³/mol. The minimum absolute atomic E-state index is 1.01. The Morgan fingerprint density at radius 2 is 2.11 bits per heavy atom. The lowest BCUT2D eigenvalue weighted by Gasteiger charge is -2.06. The van der Waals surface area contributed by atoms with Gasteiger partial charge in [-0.05, 0) is 24.8 Å². The number of nitrogens with zero attached hydrogens (tertiary/aromatic N) is 1. The molecule has 0 amide bonds. The van der Waals surface area contributed by atoms with Crippen LogP contribution in [0, 0.1) is 0 Å². The van der Waals surface area contributed by atoms with Crippen LogP contribution in [0.5, 0.6) is 0 Å². The Bertz CT molecular complexity index is 159. The molecule has 2 aliphatic rings. The molecule has 0 fully saturated rings. The van der Waals surface area contributed by atoms with E-state index in [4.69, 9.17) is 0 Å². The molecule has 1 heteroatoms. The van der Waals surface area contributed by atoms with Gasteiger partial charge in [-0.1, -0.05) is 5.57 Å². The van der Waals surface area contributed by atoms with Crippen molar-refractivity contribution in [2.24, 2.45) is 4.99 Å². The molecule has 48 valence electrons. The van der Waals surface area contributed by atoms with Gasteiger partial charge in [0, 0.05) is 12.6 Å². The second-order valence-electron chi connectivity index (χ2n) is 2.79. The van der Waals surface area contributed by atoms with Crippen LogP contribution in [0.25, 0.3) is 0 Å². The van der Waals surface area contributed by atoms with Crippen molar-refractivity contribution in [2.75, 3.05) is 6.54 Å². The average Bonchev–Trinajstić information content (AvgIpc) is 2.33. The van der Waals surface area contributed by atoms with Gasteiger partial charge in [0.1, 0.15) is 0 Å². The van der Waals surface area contributed by atoms with Crippen molar-refractivity contribution < 1.29 is 0 Å². The van der Waals surface area contributed by atoms with E-state index in [0.29, 0.717) is 0 Å². The third-order valence-electron chi connectivity index (χ3n) is 2.21. The lowest BCUT2D eigenvalue weighted by Crippen LogP contribution is -1.96. The standard InChI is InChI=1S/C8H11N/c1-2-7-4-5-9-6-8(7)3-1/h5H,1-4,6H2. The number of allylic oxidation sites excluding steroid dienone is 1. The number of aliphatic imine (C=N–C) groups is 1. The number of rotatable bonds is 0. The summed E-state index contributed by atoms with van der Waals surface area (Å²) < 4.78 is 0. The van der Waals surface area contributed by atoms with Crippen LogP contribution in [0.2, 0.25) is 0 Å². The lowest BCUT2D eigenvalue weighted by molar-refractivity contribution is 0.884. The van der Waals surface area contributed by atoms with E-state index in [9.17, 15) is 0 Å². The fourth-order valence-corrected chi connectivity index (χ4v) is 1.66. The molecule has 1 heterocycles. The van der Waals surface area contributed by atoms with E-state index in [1.165, 1.54) is 19.3 Å². The van der Waals surface area contributed by atoms with E-state index in [-0.39, 0.29) is 0 Å². The molecule has 0 N–H and O–H groups in total. The Labute approximate surface area is 55.5 Å². The molecule has 9 heavy (non-hydrogen) atoms. The zero-order chi connectivity index (χ0) is 6.10. The normalized spacial score (nSPS) is 24.9. The Balaban J connectivity index is 2.21. The zero-order valence-corrected chi connectivity index (χ0v) is 5.56. The van der Waals surface area contributed by atoms with Gasteiger partial charge in [0.2, 0.25) is 0 Å². The molecule has 0 unspecified atom stereocenters. The van der Waals surface area contributed by atoms with Crippen molar-refractivity contribution in [3.05, 3.63) is 11.1 Å². The van der Waals surface area contributed by atoms with Crippen molar-refractivity contribution >= 4 is 6.21 Å². The quantitative estimate of drug-likeness (QED) is 0.434. The molecule has 0 saturated heterocycles. The minimum Gasteiger partial charge on any atom is -0.293 e. The zero-order valence-electron chi connectivity index (χ0n) is 5.56. The van der Waals surface area contributed by atoms with Crippen molar-refractivity contribution in [3.63, 3.8) is 0 Å². The topological polar surface area (TPSA) is 12.4 Å². The molecule has 1 aliphatic carbocycles. The fourth-order valence-electron chi connectivity index (χ4n) is 1.66. The monoisotopic (exact) mass is 121 g/mol. The van der Waals surface area contributed by atoms with Crippen LogP contribution in [-0.4, -0.2) is 12.8 Å². The highest BCUT2D eigenvalue weighted by molar-refractivity contribution is 5.64. The molecule has 1 aliphatic heterocycles. The van der Waals surface area contributed by atoms with Crippen LogP contribution in [0.15, 0.2) is 16.1 Å². The summed E-state index contributed by atoms with van der Waals surface area (Å²) in [6, 6.07) is 0. The van der Waals surface area contributed by atoms with Crippen LogP contribution in [0.1, 0.15) is 25.7 Å². The van der Waals surface area contributed by atoms with Gasteiger partial charge in [0.05, 0.1) is 6.54 Å². The molecule has 0 bridgehead atoms. The van der Waals surface area contributed by atoms with Crippen LogP contribution in [0.3, 0.4) is 0 Å². The van der Waals surface area contributed by atoms with E-state index < -0.39 is 0 Å². The summed E-state index contributed by atoms with van der Waals surface area (Å²) in [6.07, 6.45) is 7.27. The summed E-state index contributed by atoms with van der Waals surface area (Å²) in [5, 5.41) is 0. The number of hydrogen-bond donors (Lipinski definition) is 0. The van der Waals surface area contributed by atoms with Crippen molar-refractivity contribution in [2.45, 2.75) is 25.7 Å². The molecule has 0 spiro atoms. The first kappa shape index (κ1) is 5.21.